The molecule has 0 unspecified atom stereocenters. The van der Waals surface area contributed by atoms with E-state index in [-0.39, 0.29) is 11.5 Å². The zero-order valence-electron chi connectivity index (χ0n) is 14.7. The molecule has 1 saturated heterocycles. The minimum Gasteiger partial charge on any atom is -0.478 e. The van der Waals surface area contributed by atoms with Crippen LogP contribution in [0.3, 0.4) is 0 Å². The van der Waals surface area contributed by atoms with Crippen LogP contribution < -0.4 is 4.90 Å². The van der Waals surface area contributed by atoms with Crippen molar-refractivity contribution < 1.29 is 19.1 Å². The normalized spacial score (nSPS) is 15.3. The maximum Gasteiger partial charge on any atom is 0.335 e. The summed E-state index contributed by atoms with van der Waals surface area (Å²) >= 11 is 12.7. The molecule has 0 radical (unpaired) electrons. The largest absolute Gasteiger partial charge is 0.478 e. The number of carbonyl (C=O) groups excluding carboxylic acids is 1. The molecule has 8 heteroatoms. The van der Waals surface area contributed by atoms with Gasteiger partial charge < -0.3 is 9.52 Å². The lowest BCUT2D eigenvalue weighted by atomic mass is 10.2. The number of carboxylic acids is 1. The van der Waals surface area contributed by atoms with Gasteiger partial charge in [0.15, 0.2) is 4.32 Å². The van der Waals surface area contributed by atoms with Crippen LogP contribution in [0.1, 0.15) is 16.1 Å². The Balaban J connectivity index is 1.63. The Morgan fingerprint density at radius 3 is 2.69 bits per heavy atom. The number of furan rings is 1. The van der Waals surface area contributed by atoms with Crippen molar-refractivity contribution in [3.05, 3.63) is 81.9 Å². The minimum atomic E-state index is -1.07. The molecule has 144 valence electrons. The van der Waals surface area contributed by atoms with Gasteiger partial charge in [-0.3, -0.25) is 9.69 Å². The van der Waals surface area contributed by atoms with Crippen molar-refractivity contribution in [1.82, 2.24) is 0 Å². The molecular formula is C21H12ClNO4S2. The SMILES string of the molecule is O=C(O)c1cccc(N2C(=O)/C(=C\c3ccc(-c4ccccc4Cl)o3)SC2=S)c1. The van der Waals surface area contributed by atoms with Crippen molar-refractivity contribution >= 4 is 63.5 Å². The second kappa shape index (κ2) is 7.87. The lowest BCUT2D eigenvalue weighted by molar-refractivity contribution is -0.113. The molecule has 0 aliphatic carbocycles. The van der Waals surface area contributed by atoms with Crippen molar-refractivity contribution in [2.24, 2.45) is 0 Å². The number of rotatable bonds is 4. The number of halogens is 1. The number of aromatic carboxylic acids is 1. The van der Waals surface area contributed by atoms with Gasteiger partial charge in [0.1, 0.15) is 11.5 Å². The number of hydrogen-bond acceptors (Lipinski definition) is 5. The van der Waals surface area contributed by atoms with E-state index < -0.39 is 5.97 Å². The molecule has 1 N–H and O–H groups in total. The Kier molecular flexibility index (Phi) is 5.27. The minimum absolute atomic E-state index is 0.0796. The summed E-state index contributed by atoms with van der Waals surface area (Å²) in [5.41, 5.74) is 1.25. The molecule has 2 heterocycles. The average molecular weight is 442 g/mol. The van der Waals surface area contributed by atoms with Crippen LogP contribution in [0, 0.1) is 0 Å². The fourth-order valence-electron chi connectivity index (χ4n) is 2.83. The van der Waals surface area contributed by atoms with E-state index in [0.717, 1.165) is 17.3 Å². The van der Waals surface area contributed by atoms with Crippen LogP contribution in [0.15, 0.2) is 70.0 Å². The Hall–Kier alpha value is -2.87. The number of thioether (sulfide) groups is 1. The molecule has 0 saturated carbocycles. The summed E-state index contributed by atoms with van der Waals surface area (Å²) < 4.78 is 6.14. The molecule has 0 atom stereocenters. The van der Waals surface area contributed by atoms with Crippen molar-refractivity contribution in [1.29, 1.82) is 0 Å². The van der Waals surface area contributed by atoms with Gasteiger partial charge in [-0.1, -0.05) is 53.8 Å². The number of hydrogen-bond donors (Lipinski definition) is 1. The van der Waals surface area contributed by atoms with Gasteiger partial charge in [-0.2, -0.15) is 0 Å². The Bertz CT molecular complexity index is 1180. The molecule has 0 bridgehead atoms. The van der Waals surface area contributed by atoms with E-state index in [9.17, 15) is 14.7 Å². The van der Waals surface area contributed by atoms with Crippen LogP contribution in [0.25, 0.3) is 17.4 Å². The highest BCUT2D eigenvalue weighted by Gasteiger charge is 2.33. The molecule has 4 rings (SSSR count). The van der Waals surface area contributed by atoms with Gasteiger partial charge in [0, 0.05) is 11.6 Å². The van der Waals surface area contributed by atoms with Crippen LogP contribution in [0.5, 0.6) is 0 Å². The fourth-order valence-corrected chi connectivity index (χ4v) is 4.34. The lowest BCUT2D eigenvalue weighted by Gasteiger charge is -2.14. The van der Waals surface area contributed by atoms with Crippen molar-refractivity contribution in [3.63, 3.8) is 0 Å². The van der Waals surface area contributed by atoms with E-state index in [2.05, 4.69) is 0 Å². The van der Waals surface area contributed by atoms with E-state index in [1.54, 1.807) is 36.4 Å². The number of thiocarbonyl (C=S) groups is 1. The van der Waals surface area contributed by atoms with Crippen LogP contribution in [0.2, 0.25) is 5.02 Å². The summed E-state index contributed by atoms with van der Waals surface area (Å²) in [4.78, 5) is 25.8. The molecule has 1 aromatic heterocycles. The zero-order valence-corrected chi connectivity index (χ0v) is 17.1. The van der Waals surface area contributed by atoms with Gasteiger partial charge >= 0.3 is 5.97 Å². The molecule has 2 aromatic carbocycles. The Labute approximate surface area is 180 Å². The van der Waals surface area contributed by atoms with E-state index in [1.807, 2.05) is 18.2 Å². The maximum absolute atomic E-state index is 12.9. The second-order valence-corrected chi connectivity index (χ2v) is 8.14. The van der Waals surface area contributed by atoms with Crippen LogP contribution in [0.4, 0.5) is 5.69 Å². The molecule has 29 heavy (non-hydrogen) atoms. The quantitative estimate of drug-likeness (QED) is 0.413. The summed E-state index contributed by atoms with van der Waals surface area (Å²) in [6.07, 6.45) is 1.61. The molecule has 0 spiro atoms. The van der Waals surface area contributed by atoms with Crippen LogP contribution in [-0.4, -0.2) is 21.3 Å². The predicted octanol–water partition coefficient (Wildman–Crippen LogP) is 5.70. The Morgan fingerprint density at radius 1 is 1.14 bits per heavy atom. The van der Waals surface area contributed by atoms with E-state index in [4.69, 9.17) is 28.2 Å². The first-order valence-corrected chi connectivity index (χ1v) is 10.0. The van der Waals surface area contributed by atoms with Gasteiger partial charge in [0.25, 0.3) is 5.91 Å². The number of nitrogens with zero attached hydrogens (tertiary/aromatic N) is 1. The third kappa shape index (κ3) is 3.85. The molecule has 1 aliphatic heterocycles. The number of carbonyl (C=O) groups is 2. The Morgan fingerprint density at radius 2 is 1.93 bits per heavy atom. The van der Waals surface area contributed by atoms with Crippen molar-refractivity contribution in [2.75, 3.05) is 4.90 Å². The van der Waals surface area contributed by atoms with E-state index >= 15 is 0 Å². The maximum atomic E-state index is 12.9. The molecule has 1 amide bonds. The molecule has 1 fully saturated rings. The standard InChI is InChI=1S/C21H12ClNO4S2/c22-16-7-2-1-6-15(16)17-9-8-14(27-17)11-18-19(24)23(21(28)29-18)13-5-3-4-12(10-13)20(25)26/h1-11H,(H,25,26)/b18-11+. The monoisotopic (exact) mass is 441 g/mol. The van der Waals surface area contributed by atoms with Crippen molar-refractivity contribution in [2.45, 2.75) is 0 Å². The number of anilines is 1. The van der Waals surface area contributed by atoms with E-state index in [1.165, 1.54) is 17.0 Å². The topological polar surface area (TPSA) is 70.8 Å². The van der Waals surface area contributed by atoms with Gasteiger partial charge in [-0.05, 0) is 42.5 Å². The first kappa shape index (κ1) is 19.4. The highest BCUT2D eigenvalue weighted by molar-refractivity contribution is 8.27. The van der Waals surface area contributed by atoms with Gasteiger partial charge in [0.2, 0.25) is 0 Å². The summed E-state index contributed by atoms with van der Waals surface area (Å²) in [7, 11) is 0. The second-order valence-electron chi connectivity index (χ2n) is 6.05. The fraction of sp³-hybridized carbons (Fsp3) is 0. The summed E-state index contributed by atoms with van der Waals surface area (Å²) in [5, 5.41) is 9.74. The van der Waals surface area contributed by atoms with Gasteiger partial charge in [0.05, 0.1) is 21.2 Å². The number of benzene rings is 2. The first-order valence-electron chi connectivity index (χ1n) is 8.40. The highest BCUT2D eigenvalue weighted by Crippen LogP contribution is 2.37. The van der Waals surface area contributed by atoms with Crippen LogP contribution in [-0.2, 0) is 4.79 Å². The third-order valence-electron chi connectivity index (χ3n) is 4.18. The zero-order chi connectivity index (χ0) is 20.5. The smallest absolute Gasteiger partial charge is 0.335 e. The van der Waals surface area contributed by atoms with Crippen LogP contribution >= 0.6 is 35.6 Å². The third-order valence-corrected chi connectivity index (χ3v) is 5.82. The van der Waals surface area contributed by atoms with Gasteiger partial charge in [-0.25, -0.2) is 4.79 Å². The molecule has 5 nitrogen and oxygen atoms in total. The number of amides is 1. The molecular weight excluding hydrogens is 430 g/mol. The summed E-state index contributed by atoms with van der Waals surface area (Å²) in [6, 6.07) is 16.9. The van der Waals surface area contributed by atoms with Crippen molar-refractivity contribution in [3.8, 4) is 11.3 Å². The van der Waals surface area contributed by atoms with Gasteiger partial charge in [-0.15, -0.1) is 0 Å². The highest BCUT2D eigenvalue weighted by atomic mass is 35.5. The van der Waals surface area contributed by atoms with E-state index in [0.29, 0.717) is 31.5 Å². The summed E-state index contributed by atoms with van der Waals surface area (Å²) in [6.45, 7) is 0. The molecule has 3 aromatic rings. The lowest BCUT2D eigenvalue weighted by Crippen LogP contribution is -2.27. The summed E-state index contributed by atoms with van der Waals surface area (Å²) in [5.74, 6) is -0.333. The first-order chi connectivity index (χ1) is 13.9. The number of carboxylic acid groups (broad SMARTS) is 1. The predicted molar refractivity (Wildman–Crippen MR) is 118 cm³/mol. The average Bonchev–Trinajstić information content (AvgIpc) is 3.27. The molecule has 1 aliphatic rings.